The van der Waals surface area contributed by atoms with Crippen molar-refractivity contribution in [3.8, 4) is 5.75 Å². The standard InChI is InChI=1S/C19H14Cl2F3N3O3/c1-9-19(2,16(28)25-10-7-13(20)15(22)14(21)8-10)17(29)27(26-9)11-3-5-12(6-4-11)30-18(23)24/h3-8,18H,1-2H3,(H,25,28). The second-order valence-electron chi connectivity index (χ2n) is 6.51. The van der Waals surface area contributed by atoms with Crippen molar-refractivity contribution in [2.24, 2.45) is 10.5 Å². The van der Waals surface area contributed by atoms with E-state index in [1.807, 2.05) is 0 Å². The number of hydrogen-bond donors (Lipinski definition) is 1. The average molecular weight is 460 g/mol. The van der Waals surface area contributed by atoms with E-state index in [0.717, 1.165) is 17.1 Å². The molecule has 158 valence electrons. The summed E-state index contributed by atoms with van der Waals surface area (Å²) >= 11 is 11.5. The number of ether oxygens (including phenoxy) is 1. The van der Waals surface area contributed by atoms with E-state index >= 15 is 0 Å². The Labute approximate surface area is 179 Å². The van der Waals surface area contributed by atoms with Gasteiger partial charge in [0.15, 0.2) is 11.2 Å². The van der Waals surface area contributed by atoms with E-state index in [0.29, 0.717) is 0 Å². The highest BCUT2D eigenvalue weighted by Gasteiger charge is 2.51. The third kappa shape index (κ3) is 3.95. The van der Waals surface area contributed by atoms with Crippen molar-refractivity contribution in [3.63, 3.8) is 0 Å². The molecule has 6 nitrogen and oxygen atoms in total. The van der Waals surface area contributed by atoms with Gasteiger partial charge in [0.2, 0.25) is 5.91 Å². The van der Waals surface area contributed by atoms with Gasteiger partial charge in [0.1, 0.15) is 5.75 Å². The first-order chi connectivity index (χ1) is 14.0. The lowest BCUT2D eigenvalue weighted by Crippen LogP contribution is -2.46. The Morgan fingerprint density at radius 2 is 1.77 bits per heavy atom. The predicted molar refractivity (Wildman–Crippen MR) is 107 cm³/mol. The fourth-order valence-corrected chi connectivity index (χ4v) is 3.24. The van der Waals surface area contributed by atoms with Crippen LogP contribution in [0, 0.1) is 11.2 Å². The maximum Gasteiger partial charge on any atom is 0.387 e. The zero-order valence-electron chi connectivity index (χ0n) is 15.6. The Balaban J connectivity index is 1.83. The first kappa shape index (κ1) is 21.9. The number of alkyl halides is 2. The topological polar surface area (TPSA) is 71.0 Å². The molecule has 0 fully saturated rings. The minimum absolute atomic E-state index is 0.0910. The van der Waals surface area contributed by atoms with Gasteiger partial charge in [-0.2, -0.15) is 18.9 Å². The van der Waals surface area contributed by atoms with Crippen LogP contribution in [0.2, 0.25) is 10.0 Å². The van der Waals surface area contributed by atoms with Crippen molar-refractivity contribution in [1.82, 2.24) is 0 Å². The van der Waals surface area contributed by atoms with Crippen LogP contribution in [0.15, 0.2) is 41.5 Å². The Morgan fingerprint density at radius 1 is 1.20 bits per heavy atom. The number of amides is 2. The first-order valence-corrected chi connectivity index (χ1v) is 9.20. The van der Waals surface area contributed by atoms with E-state index in [-0.39, 0.29) is 32.9 Å². The monoisotopic (exact) mass is 459 g/mol. The smallest absolute Gasteiger partial charge is 0.387 e. The van der Waals surface area contributed by atoms with Gasteiger partial charge in [0.25, 0.3) is 5.91 Å². The summed E-state index contributed by atoms with van der Waals surface area (Å²) in [6.45, 7) is -0.106. The zero-order valence-corrected chi connectivity index (χ0v) is 17.1. The molecule has 3 rings (SSSR count). The van der Waals surface area contributed by atoms with Gasteiger partial charge in [-0.05, 0) is 50.2 Å². The van der Waals surface area contributed by atoms with Crippen molar-refractivity contribution in [1.29, 1.82) is 0 Å². The van der Waals surface area contributed by atoms with Crippen LogP contribution in [0.25, 0.3) is 0 Å². The second-order valence-corrected chi connectivity index (χ2v) is 7.32. The van der Waals surface area contributed by atoms with E-state index < -0.39 is 29.7 Å². The van der Waals surface area contributed by atoms with E-state index in [9.17, 15) is 22.8 Å². The summed E-state index contributed by atoms with van der Waals surface area (Å²) in [5.74, 6) is -2.32. The minimum atomic E-state index is -2.98. The molecule has 0 aliphatic carbocycles. The third-order valence-corrected chi connectivity index (χ3v) is 5.15. The van der Waals surface area contributed by atoms with Gasteiger partial charge in [0.05, 0.1) is 21.4 Å². The van der Waals surface area contributed by atoms with Crippen LogP contribution in [0.5, 0.6) is 5.75 Å². The number of halogens is 5. The van der Waals surface area contributed by atoms with Gasteiger partial charge >= 0.3 is 6.61 Å². The number of rotatable bonds is 5. The highest BCUT2D eigenvalue weighted by Crippen LogP contribution is 2.35. The van der Waals surface area contributed by atoms with Gasteiger partial charge in [-0.25, -0.2) is 4.39 Å². The maximum absolute atomic E-state index is 13.6. The molecule has 1 aliphatic rings. The molecule has 0 bridgehead atoms. The number of benzene rings is 2. The highest BCUT2D eigenvalue weighted by molar-refractivity contribution is 6.36. The third-order valence-electron chi connectivity index (χ3n) is 4.60. The molecule has 0 aromatic heterocycles. The number of hydrazone groups is 1. The Hall–Kier alpha value is -2.78. The number of nitrogens with zero attached hydrogens (tertiary/aromatic N) is 2. The van der Waals surface area contributed by atoms with Crippen LogP contribution < -0.4 is 15.1 Å². The lowest BCUT2D eigenvalue weighted by atomic mass is 9.84. The van der Waals surface area contributed by atoms with Gasteiger partial charge in [-0.1, -0.05) is 23.2 Å². The summed E-state index contributed by atoms with van der Waals surface area (Å²) < 4.78 is 42.4. The second kappa shape index (κ2) is 8.16. The fourth-order valence-electron chi connectivity index (χ4n) is 2.75. The predicted octanol–water partition coefficient (Wildman–Crippen LogP) is 5.10. The molecule has 1 heterocycles. The largest absolute Gasteiger partial charge is 0.435 e. The van der Waals surface area contributed by atoms with Crippen LogP contribution in [0.3, 0.4) is 0 Å². The molecule has 0 spiro atoms. The minimum Gasteiger partial charge on any atom is -0.435 e. The van der Waals surface area contributed by atoms with Crippen LogP contribution >= 0.6 is 23.2 Å². The molecule has 0 saturated carbocycles. The number of carbonyl (C=O) groups is 2. The van der Waals surface area contributed by atoms with E-state index in [2.05, 4.69) is 15.2 Å². The summed E-state index contributed by atoms with van der Waals surface area (Å²) in [4.78, 5) is 25.9. The van der Waals surface area contributed by atoms with Crippen molar-refractivity contribution in [2.75, 3.05) is 10.3 Å². The summed E-state index contributed by atoms with van der Waals surface area (Å²) in [5.41, 5.74) is -1.13. The summed E-state index contributed by atoms with van der Waals surface area (Å²) in [5, 5.41) is 7.03. The molecule has 2 aromatic rings. The molecule has 2 amide bonds. The Morgan fingerprint density at radius 3 is 2.30 bits per heavy atom. The zero-order chi connectivity index (χ0) is 22.2. The van der Waals surface area contributed by atoms with Gasteiger partial charge in [-0.15, -0.1) is 0 Å². The van der Waals surface area contributed by atoms with Crippen LogP contribution in [0.4, 0.5) is 24.5 Å². The summed E-state index contributed by atoms with van der Waals surface area (Å²) in [6, 6.07) is 7.53. The lowest BCUT2D eigenvalue weighted by molar-refractivity contribution is -0.132. The van der Waals surface area contributed by atoms with Crippen LogP contribution in [-0.2, 0) is 9.59 Å². The lowest BCUT2D eigenvalue weighted by Gasteiger charge is -2.23. The molecule has 1 unspecified atom stereocenters. The quantitative estimate of drug-likeness (QED) is 0.499. The van der Waals surface area contributed by atoms with Crippen molar-refractivity contribution in [2.45, 2.75) is 20.5 Å². The van der Waals surface area contributed by atoms with Crippen LogP contribution in [-0.4, -0.2) is 24.1 Å². The van der Waals surface area contributed by atoms with E-state index in [4.69, 9.17) is 23.2 Å². The van der Waals surface area contributed by atoms with Crippen molar-refractivity contribution in [3.05, 3.63) is 52.3 Å². The first-order valence-electron chi connectivity index (χ1n) is 8.45. The molecule has 30 heavy (non-hydrogen) atoms. The van der Waals surface area contributed by atoms with E-state index in [1.54, 1.807) is 0 Å². The Kier molecular flexibility index (Phi) is 5.96. The molecule has 11 heteroatoms. The summed E-state index contributed by atoms with van der Waals surface area (Å²) in [6.07, 6.45) is 0. The molecule has 2 aromatic carbocycles. The number of carbonyl (C=O) groups excluding carboxylic acids is 2. The molecular weight excluding hydrogens is 446 g/mol. The van der Waals surface area contributed by atoms with Gasteiger partial charge in [-0.3, -0.25) is 9.59 Å². The molecule has 1 N–H and O–H groups in total. The molecule has 1 aliphatic heterocycles. The van der Waals surface area contributed by atoms with Crippen LogP contribution in [0.1, 0.15) is 13.8 Å². The highest BCUT2D eigenvalue weighted by atomic mass is 35.5. The van der Waals surface area contributed by atoms with Gasteiger partial charge < -0.3 is 10.1 Å². The normalized spacial score (nSPS) is 18.6. The van der Waals surface area contributed by atoms with E-state index in [1.165, 1.54) is 38.1 Å². The fraction of sp³-hybridized carbons (Fsp3) is 0.211. The molecule has 1 atom stereocenters. The number of hydrogen-bond acceptors (Lipinski definition) is 4. The SMILES string of the molecule is CC1=NN(c2ccc(OC(F)F)cc2)C(=O)C1(C)C(=O)Nc1cc(Cl)c(F)c(Cl)c1. The Bertz CT molecular complexity index is 1020. The number of anilines is 2. The van der Waals surface area contributed by atoms with Crippen molar-refractivity contribution < 1.29 is 27.5 Å². The number of nitrogens with one attached hydrogen (secondary N) is 1. The average Bonchev–Trinajstić information content (AvgIpc) is 2.91. The summed E-state index contributed by atoms with van der Waals surface area (Å²) in [7, 11) is 0. The van der Waals surface area contributed by atoms with Gasteiger partial charge in [0, 0.05) is 5.69 Å². The molecule has 0 saturated heterocycles. The molecular formula is C19H14Cl2F3N3O3. The molecule has 0 radical (unpaired) electrons. The van der Waals surface area contributed by atoms with Crippen molar-refractivity contribution >= 4 is 52.1 Å². The maximum atomic E-state index is 13.6.